The van der Waals surface area contributed by atoms with Crippen LogP contribution < -0.4 is 10.5 Å². The summed E-state index contributed by atoms with van der Waals surface area (Å²) < 4.78 is 30.9. The van der Waals surface area contributed by atoms with Crippen molar-refractivity contribution in [3.05, 3.63) is 99.6 Å². The number of nitrogens with one attached hydrogen (secondary N) is 1. The van der Waals surface area contributed by atoms with Crippen molar-refractivity contribution in [2.45, 2.75) is 129 Å². The first kappa shape index (κ1) is 34.0. The van der Waals surface area contributed by atoms with Crippen molar-refractivity contribution in [3.63, 3.8) is 0 Å². The van der Waals surface area contributed by atoms with Crippen LogP contribution in [0.4, 0.5) is 0 Å². The molecular formula is C37H54N2O2S. The van der Waals surface area contributed by atoms with Gasteiger partial charge in [-0.2, -0.15) is 0 Å². The van der Waals surface area contributed by atoms with E-state index in [-0.39, 0.29) is 26.6 Å². The van der Waals surface area contributed by atoms with Crippen LogP contribution in [0.1, 0.15) is 134 Å². The van der Waals surface area contributed by atoms with Crippen LogP contribution in [0.5, 0.6) is 0 Å². The summed E-state index contributed by atoms with van der Waals surface area (Å²) in [4.78, 5) is 0.229. The molecule has 0 aliphatic heterocycles. The molecule has 0 saturated carbocycles. The summed E-state index contributed by atoms with van der Waals surface area (Å²) in [7, 11) is -3.88. The molecule has 0 heterocycles. The first-order chi connectivity index (χ1) is 18.9. The van der Waals surface area contributed by atoms with Crippen LogP contribution in [-0.2, 0) is 31.7 Å². The quantitative estimate of drug-likeness (QED) is 0.301. The van der Waals surface area contributed by atoms with Crippen molar-refractivity contribution < 1.29 is 8.42 Å². The lowest BCUT2D eigenvalue weighted by Crippen LogP contribution is -2.37. The summed E-state index contributed by atoms with van der Waals surface area (Å²) in [5.74, 6) is 0. The molecule has 230 valence electrons. The minimum atomic E-state index is -3.88. The third kappa shape index (κ3) is 8.12. The third-order valence-electron chi connectivity index (χ3n) is 8.09. The Labute approximate surface area is 256 Å². The summed E-state index contributed by atoms with van der Waals surface area (Å²) in [6, 6.07) is 18.7. The van der Waals surface area contributed by atoms with Crippen LogP contribution >= 0.6 is 0 Å². The molecule has 0 bridgehead atoms. The van der Waals surface area contributed by atoms with Gasteiger partial charge >= 0.3 is 0 Å². The van der Waals surface area contributed by atoms with Gasteiger partial charge in [-0.1, -0.05) is 137 Å². The van der Waals surface area contributed by atoms with Gasteiger partial charge in [-0.05, 0) is 74.1 Å². The van der Waals surface area contributed by atoms with Crippen molar-refractivity contribution in [1.29, 1.82) is 0 Å². The predicted molar refractivity (Wildman–Crippen MR) is 179 cm³/mol. The molecule has 42 heavy (non-hydrogen) atoms. The molecule has 3 aromatic carbocycles. The second-order valence-corrected chi connectivity index (χ2v) is 17.8. The van der Waals surface area contributed by atoms with E-state index >= 15 is 0 Å². The molecule has 5 heteroatoms. The molecule has 0 radical (unpaired) electrons. The van der Waals surface area contributed by atoms with Crippen molar-refractivity contribution in [2.24, 2.45) is 5.73 Å². The lowest BCUT2D eigenvalue weighted by atomic mass is 9.76. The highest BCUT2D eigenvalue weighted by Gasteiger charge is 2.32. The Balaban J connectivity index is 2.33. The first-order valence-electron chi connectivity index (χ1n) is 15.1. The molecule has 2 atom stereocenters. The van der Waals surface area contributed by atoms with E-state index in [2.05, 4.69) is 124 Å². The zero-order chi connectivity index (χ0) is 32.1. The Morgan fingerprint density at radius 3 is 1.24 bits per heavy atom. The monoisotopic (exact) mass is 590 g/mol. The first-order valence-corrected chi connectivity index (χ1v) is 16.5. The number of nitrogens with two attached hydrogens (primary N) is 1. The van der Waals surface area contributed by atoms with Crippen molar-refractivity contribution in [1.82, 2.24) is 4.72 Å². The zero-order valence-corrected chi connectivity index (χ0v) is 29.0. The van der Waals surface area contributed by atoms with Crippen molar-refractivity contribution in [3.8, 4) is 0 Å². The zero-order valence-electron chi connectivity index (χ0n) is 28.2. The van der Waals surface area contributed by atoms with Gasteiger partial charge in [-0.15, -0.1) is 0 Å². The second kappa shape index (κ2) is 11.6. The Morgan fingerprint density at radius 1 is 0.571 bits per heavy atom. The van der Waals surface area contributed by atoms with Crippen LogP contribution in [0, 0.1) is 6.92 Å². The molecule has 0 unspecified atom stereocenters. The summed E-state index contributed by atoms with van der Waals surface area (Å²) in [6.07, 6.45) is 0. The fourth-order valence-electron chi connectivity index (χ4n) is 4.90. The fourth-order valence-corrected chi connectivity index (χ4v) is 6.15. The van der Waals surface area contributed by atoms with Crippen LogP contribution in [0.3, 0.4) is 0 Å². The molecule has 4 nitrogen and oxygen atoms in total. The Morgan fingerprint density at radius 2 is 0.905 bits per heavy atom. The Hall–Kier alpha value is -2.47. The number of rotatable bonds is 6. The van der Waals surface area contributed by atoms with Crippen LogP contribution in [-0.4, -0.2) is 8.42 Å². The van der Waals surface area contributed by atoms with Crippen LogP contribution in [0.2, 0.25) is 0 Å². The van der Waals surface area contributed by atoms with Gasteiger partial charge in [-0.3, -0.25) is 0 Å². The minimum absolute atomic E-state index is 0.0990. The topological polar surface area (TPSA) is 72.2 Å². The van der Waals surface area contributed by atoms with E-state index < -0.39 is 22.1 Å². The highest BCUT2D eigenvalue weighted by Crippen LogP contribution is 2.38. The highest BCUT2D eigenvalue weighted by atomic mass is 32.2. The number of benzene rings is 3. The second-order valence-electron chi connectivity index (χ2n) is 16.1. The summed E-state index contributed by atoms with van der Waals surface area (Å²) in [5.41, 5.74) is 14.2. The minimum Gasteiger partial charge on any atom is -0.322 e. The molecule has 0 spiro atoms. The maximum Gasteiger partial charge on any atom is 0.241 e. The van der Waals surface area contributed by atoms with E-state index in [0.29, 0.717) is 0 Å². The van der Waals surface area contributed by atoms with E-state index in [1.165, 1.54) is 11.1 Å². The smallest absolute Gasteiger partial charge is 0.241 e. The highest BCUT2D eigenvalue weighted by molar-refractivity contribution is 7.89. The van der Waals surface area contributed by atoms with Gasteiger partial charge in [-0.25, -0.2) is 13.1 Å². The maximum absolute atomic E-state index is 13.9. The van der Waals surface area contributed by atoms with Crippen LogP contribution in [0.25, 0.3) is 0 Å². The molecule has 3 N–H and O–H groups in total. The summed E-state index contributed by atoms with van der Waals surface area (Å²) in [6.45, 7) is 28.3. The molecule has 0 amide bonds. The van der Waals surface area contributed by atoms with Gasteiger partial charge in [0.05, 0.1) is 17.0 Å². The van der Waals surface area contributed by atoms with E-state index in [4.69, 9.17) is 5.73 Å². The van der Waals surface area contributed by atoms with Gasteiger partial charge in [0.15, 0.2) is 0 Å². The Kier molecular flexibility index (Phi) is 9.36. The number of hydrogen-bond donors (Lipinski definition) is 2. The Bertz CT molecular complexity index is 1440. The van der Waals surface area contributed by atoms with Gasteiger partial charge in [0, 0.05) is 0 Å². The number of sulfonamides is 1. The lowest BCUT2D eigenvalue weighted by Gasteiger charge is -2.32. The molecule has 0 aliphatic carbocycles. The van der Waals surface area contributed by atoms with Gasteiger partial charge < -0.3 is 5.73 Å². The van der Waals surface area contributed by atoms with Gasteiger partial charge in [0.2, 0.25) is 10.0 Å². The molecule has 3 rings (SSSR count). The molecule has 0 saturated heterocycles. The SMILES string of the molecule is Cc1ccc(S(=O)(=O)N[C@@H](c2cc(C(C)(C)C)cc(C(C)(C)C)c2)[C@@H](N)c2cc(C(C)(C)C)cc(C(C)(C)C)c2)cc1. The summed E-state index contributed by atoms with van der Waals surface area (Å²) >= 11 is 0. The van der Waals surface area contributed by atoms with Gasteiger partial charge in [0.25, 0.3) is 0 Å². The fraction of sp³-hybridized carbons (Fsp3) is 0.514. The van der Waals surface area contributed by atoms with Crippen LogP contribution in [0.15, 0.2) is 65.6 Å². The largest absolute Gasteiger partial charge is 0.322 e. The standard InChI is InChI=1S/C37H54N2O2S/c1-24-14-16-31(17-15-24)42(40,41)39-33(26-20-29(36(8,9)10)23-30(21-26)37(11,12)13)32(38)25-18-27(34(2,3)4)22-28(19-25)35(5,6)7/h14-23,32-33,39H,38H2,1-13H3/t32-,33-/m0/s1. The molecular weight excluding hydrogens is 536 g/mol. The normalized spacial score (nSPS) is 15.0. The van der Waals surface area contributed by atoms with E-state index in [9.17, 15) is 8.42 Å². The maximum atomic E-state index is 13.9. The third-order valence-corrected chi connectivity index (χ3v) is 9.55. The average molecular weight is 591 g/mol. The molecule has 0 fully saturated rings. The molecule has 0 aliphatic rings. The van der Waals surface area contributed by atoms with Crippen molar-refractivity contribution in [2.75, 3.05) is 0 Å². The van der Waals surface area contributed by atoms with E-state index in [1.54, 1.807) is 12.1 Å². The lowest BCUT2D eigenvalue weighted by molar-refractivity contribution is 0.495. The molecule has 0 aromatic heterocycles. The summed E-state index contributed by atoms with van der Waals surface area (Å²) in [5, 5.41) is 0. The number of aryl methyl sites for hydroxylation is 1. The number of hydrogen-bond acceptors (Lipinski definition) is 3. The average Bonchev–Trinajstić information content (AvgIpc) is 2.84. The predicted octanol–water partition coefficient (Wildman–Crippen LogP) is 8.90. The van der Waals surface area contributed by atoms with Crippen molar-refractivity contribution >= 4 is 10.0 Å². The van der Waals surface area contributed by atoms with E-state index in [1.807, 2.05) is 19.1 Å². The van der Waals surface area contributed by atoms with E-state index in [0.717, 1.165) is 27.8 Å². The molecule has 3 aromatic rings. The van der Waals surface area contributed by atoms with Gasteiger partial charge in [0.1, 0.15) is 0 Å².